The van der Waals surface area contributed by atoms with E-state index >= 15 is 4.39 Å². The number of nitrogens with one attached hydrogen (secondary N) is 1. The number of carbonyl (C=O) groups excluding carboxylic acids is 2. The molecular weight excluding hydrogens is 606 g/mol. The first kappa shape index (κ1) is 29.1. The van der Waals surface area contributed by atoms with Gasteiger partial charge in [0.2, 0.25) is 5.91 Å². The van der Waals surface area contributed by atoms with Gasteiger partial charge >= 0.3 is 5.97 Å². The van der Waals surface area contributed by atoms with Gasteiger partial charge in [-0.25, -0.2) is 9.18 Å². The molecule has 0 bridgehead atoms. The first-order chi connectivity index (χ1) is 20.8. The molecule has 4 atom stereocenters. The first-order valence-electron chi connectivity index (χ1n) is 14.3. The van der Waals surface area contributed by atoms with Crippen LogP contribution in [-0.4, -0.2) is 53.4 Å². The third kappa shape index (κ3) is 3.75. The molecule has 2 fully saturated rings. The van der Waals surface area contributed by atoms with Crippen molar-refractivity contribution in [3.05, 3.63) is 86.8 Å². The molecule has 11 heteroatoms. The topological polar surface area (TPSA) is 85.7 Å². The third-order valence-corrected chi connectivity index (χ3v) is 10.2. The highest BCUT2D eigenvalue weighted by Crippen LogP contribution is 2.64. The van der Waals surface area contributed by atoms with Crippen LogP contribution in [0.1, 0.15) is 59.4 Å². The Balaban J connectivity index is 0.00000312. The van der Waals surface area contributed by atoms with Gasteiger partial charge in [0.15, 0.2) is 5.75 Å². The van der Waals surface area contributed by atoms with Crippen molar-refractivity contribution in [2.24, 2.45) is 5.92 Å². The van der Waals surface area contributed by atoms with Gasteiger partial charge in [0.25, 0.3) is 0 Å². The average molecular weight is 638 g/mol. The molecule has 0 unspecified atom stereocenters. The average Bonchev–Trinajstić information content (AvgIpc) is 3.44. The molecule has 4 aliphatic rings. The van der Waals surface area contributed by atoms with Crippen molar-refractivity contribution in [2.45, 2.75) is 50.2 Å². The number of hydrogen-bond donors (Lipinski definition) is 1. The van der Waals surface area contributed by atoms with Crippen molar-refractivity contribution in [3.8, 4) is 5.75 Å². The van der Waals surface area contributed by atoms with Crippen molar-refractivity contribution in [1.29, 1.82) is 0 Å². The molecule has 1 saturated heterocycles. The van der Waals surface area contributed by atoms with Crippen LogP contribution in [0.15, 0.2) is 48.5 Å². The zero-order valence-corrected chi connectivity index (χ0v) is 24.9. The maximum atomic E-state index is 16.2. The van der Waals surface area contributed by atoms with Gasteiger partial charge in [0.1, 0.15) is 22.4 Å². The smallest absolute Gasteiger partial charge is 0.341 e. The van der Waals surface area contributed by atoms with Crippen LogP contribution in [0.2, 0.25) is 10.0 Å². The number of nitrogens with zero attached hydrogens (tertiary/aromatic N) is 3. The number of halogens is 3. The molecule has 0 radical (unpaired) electrons. The van der Waals surface area contributed by atoms with Gasteiger partial charge in [-0.1, -0.05) is 48.8 Å². The summed E-state index contributed by atoms with van der Waals surface area (Å²) in [6.07, 6.45) is 2.73. The number of aromatic nitrogens is 2. The van der Waals surface area contributed by atoms with Crippen LogP contribution in [0, 0.1) is 11.7 Å². The fraction of sp³-hybridized carbons (Fsp3) is 0.364. The number of likely N-dealkylation sites (tertiary alicyclic amines) is 1. The Hall–Kier alpha value is -3.66. The van der Waals surface area contributed by atoms with Gasteiger partial charge in [0.05, 0.1) is 25.3 Å². The maximum absolute atomic E-state index is 16.2. The van der Waals surface area contributed by atoms with Crippen LogP contribution in [-0.2, 0) is 21.5 Å². The third-order valence-electron chi connectivity index (χ3n) is 9.72. The number of anilines is 1. The quantitative estimate of drug-likeness (QED) is 0.244. The van der Waals surface area contributed by atoms with Gasteiger partial charge in [-0.15, -0.1) is 0 Å². The summed E-state index contributed by atoms with van der Waals surface area (Å²) >= 11 is 12.8. The minimum Gasteiger partial charge on any atom is -0.493 e. The largest absolute Gasteiger partial charge is 0.493 e. The van der Waals surface area contributed by atoms with Crippen LogP contribution < -0.4 is 10.1 Å². The van der Waals surface area contributed by atoms with Gasteiger partial charge in [-0.05, 0) is 54.7 Å². The lowest BCUT2D eigenvalue weighted by Gasteiger charge is -2.40. The summed E-state index contributed by atoms with van der Waals surface area (Å²) in [5.41, 5.74) is 2.25. The van der Waals surface area contributed by atoms with E-state index in [1.165, 1.54) is 20.3 Å². The summed E-state index contributed by atoms with van der Waals surface area (Å²) in [5.74, 6) is -1.22. The van der Waals surface area contributed by atoms with Crippen LogP contribution in [0.4, 0.5) is 10.1 Å². The molecule has 3 aliphatic heterocycles. The van der Waals surface area contributed by atoms with Crippen molar-refractivity contribution < 1.29 is 23.5 Å². The summed E-state index contributed by atoms with van der Waals surface area (Å²) in [7, 11) is 2.81. The summed E-state index contributed by atoms with van der Waals surface area (Å²) in [6, 6.07) is 13.4. The molecule has 228 valence electrons. The number of benzene rings is 3. The predicted molar refractivity (Wildman–Crippen MR) is 166 cm³/mol. The minimum atomic E-state index is -1.22. The number of amides is 1. The second kappa shape index (κ2) is 10.2. The normalized spacial score (nSPS) is 25.0. The summed E-state index contributed by atoms with van der Waals surface area (Å²) in [4.78, 5) is 29.3. The summed E-state index contributed by atoms with van der Waals surface area (Å²) in [6.45, 7) is 0.688. The summed E-state index contributed by atoms with van der Waals surface area (Å²) in [5, 5.41) is 9.47. The van der Waals surface area contributed by atoms with Crippen molar-refractivity contribution in [3.63, 3.8) is 0 Å². The monoisotopic (exact) mass is 636 g/mol. The number of carbonyl (C=O) groups is 2. The van der Waals surface area contributed by atoms with Crippen LogP contribution in [0.25, 0.3) is 10.9 Å². The van der Waals surface area contributed by atoms with E-state index in [0.29, 0.717) is 46.4 Å². The van der Waals surface area contributed by atoms with E-state index in [1.54, 1.807) is 30.3 Å². The molecule has 44 heavy (non-hydrogen) atoms. The molecule has 1 saturated carbocycles. The van der Waals surface area contributed by atoms with E-state index in [2.05, 4.69) is 10.2 Å². The number of methoxy groups -OCH3 is 2. The Labute approximate surface area is 264 Å². The van der Waals surface area contributed by atoms with E-state index < -0.39 is 29.3 Å². The second-order valence-corrected chi connectivity index (χ2v) is 12.7. The molecule has 8 rings (SSSR count). The Kier molecular flexibility index (Phi) is 6.73. The summed E-state index contributed by atoms with van der Waals surface area (Å²) < 4.78 is 28.8. The number of fused-ring (bicyclic) bond motifs is 7. The van der Waals surface area contributed by atoms with E-state index in [9.17, 15) is 9.59 Å². The Morgan fingerprint density at radius 3 is 2.68 bits per heavy atom. The molecule has 1 amide bonds. The second-order valence-electron chi connectivity index (χ2n) is 11.8. The Morgan fingerprint density at radius 1 is 1.16 bits per heavy atom. The first-order valence-corrected chi connectivity index (χ1v) is 15.0. The number of rotatable bonds is 5. The molecule has 1 aromatic heterocycles. The Bertz CT molecular complexity index is 1870. The maximum Gasteiger partial charge on any atom is 0.341 e. The molecule has 4 heterocycles. The van der Waals surface area contributed by atoms with E-state index in [0.717, 1.165) is 29.5 Å². The zero-order valence-electron chi connectivity index (χ0n) is 23.4. The van der Waals surface area contributed by atoms with Gasteiger partial charge in [-0.2, -0.15) is 5.10 Å². The lowest BCUT2D eigenvalue weighted by molar-refractivity contribution is -0.128. The van der Waals surface area contributed by atoms with Gasteiger partial charge in [-0.3, -0.25) is 14.4 Å². The highest BCUT2D eigenvalue weighted by atomic mass is 35.5. The molecule has 1 N–H and O–H groups in total. The number of ether oxygens (including phenoxy) is 2. The fourth-order valence-corrected chi connectivity index (χ4v) is 8.22. The zero-order chi connectivity index (χ0) is 29.8. The number of hydrogen-bond acceptors (Lipinski definition) is 6. The lowest BCUT2D eigenvalue weighted by Crippen LogP contribution is -2.53. The predicted octanol–water partition coefficient (Wildman–Crippen LogP) is 6.74. The van der Waals surface area contributed by atoms with Crippen LogP contribution in [0.3, 0.4) is 0 Å². The molecule has 4 aromatic rings. The van der Waals surface area contributed by atoms with Crippen LogP contribution >= 0.6 is 23.2 Å². The van der Waals surface area contributed by atoms with E-state index in [-0.39, 0.29) is 30.0 Å². The highest BCUT2D eigenvalue weighted by Gasteiger charge is 2.69. The molecule has 1 aliphatic carbocycles. The SMILES string of the molecule is C.COC(=O)c1ccc2c3n(nc2c1OC)[C@@H]1[C@H](C3)N(CC2CC2)[C@@]2(C(=O)Nc3cc(Cl)ccc32)[C@H]1c1cccc(Cl)c1F. The number of esters is 1. The van der Waals surface area contributed by atoms with Crippen LogP contribution in [0.5, 0.6) is 5.75 Å². The lowest BCUT2D eigenvalue weighted by atomic mass is 9.73. The van der Waals surface area contributed by atoms with Gasteiger partial charge in [0, 0.05) is 52.3 Å². The Morgan fingerprint density at radius 2 is 1.95 bits per heavy atom. The highest BCUT2D eigenvalue weighted by molar-refractivity contribution is 6.31. The van der Waals surface area contributed by atoms with Crippen molar-refractivity contribution >= 4 is 51.7 Å². The fourth-order valence-electron chi connectivity index (χ4n) is 7.86. The molecular formula is C33H31Cl2FN4O4. The molecule has 3 aromatic carbocycles. The minimum absolute atomic E-state index is 0. The van der Waals surface area contributed by atoms with Gasteiger partial charge < -0.3 is 14.8 Å². The van der Waals surface area contributed by atoms with E-state index in [1.807, 2.05) is 16.8 Å². The van der Waals surface area contributed by atoms with Crippen molar-refractivity contribution in [1.82, 2.24) is 14.7 Å². The van der Waals surface area contributed by atoms with Crippen molar-refractivity contribution in [2.75, 3.05) is 26.1 Å². The molecule has 1 spiro atoms. The molecule has 8 nitrogen and oxygen atoms in total. The standard InChI is InChI=1S/C32H27Cl2FN4O4.CH4/c1-42-29-19(30(40)43-2)10-9-17-23-13-24-28(39(23)37-27(17)29)25(18-4-3-5-21(34)26(18)35)32(38(24)14-15-6-7-15)20-11-8-16(33)12-22(20)36-31(32)41;/h3-5,8-12,15,24-25,28H,6-7,13-14H2,1-2H3,(H,36,41);1H4/t24-,25-,28+,32+;/m0./s1. The van der Waals surface area contributed by atoms with E-state index in [4.69, 9.17) is 37.8 Å².